The first-order valence-corrected chi connectivity index (χ1v) is 9.27. The number of carbonyl (C=O) groups excluding carboxylic acids is 1. The molecule has 1 N–H and O–H groups in total. The van der Waals surface area contributed by atoms with Crippen molar-refractivity contribution in [2.24, 2.45) is 0 Å². The minimum Gasteiger partial charge on any atom is -0.483 e. The standard InChI is InChI=1S/C23H18FN3O3/c1-15-10-12-16(13-11-15)25-21(28)14-29-20-9-5-3-7-18(20)22-26-23(30-27-22)17-6-2-4-8-19(17)24/h2-13H,14H2,1H3,(H,25,28). The molecule has 0 saturated carbocycles. The number of hydrogen-bond acceptors (Lipinski definition) is 5. The van der Waals surface area contributed by atoms with E-state index < -0.39 is 5.82 Å². The van der Waals surface area contributed by atoms with Crippen molar-refractivity contribution in [1.29, 1.82) is 0 Å². The van der Waals surface area contributed by atoms with E-state index in [0.29, 0.717) is 17.0 Å². The zero-order valence-electron chi connectivity index (χ0n) is 16.1. The van der Waals surface area contributed by atoms with Gasteiger partial charge in [-0.25, -0.2) is 4.39 Å². The highest BCUT2D eigenvalue weighted by atomic mass is 19.1. The van der Waals surface area contributed by atoms with Crippen molar-refractivity contribution in [1.82, 2.24) is 10.1 Å². The maximum atomic E-state index is 14.0. The third-order valence-electron chi connectivity index (χ3n) is 4.35. The number of halogens is 1. The molecule has 1 amide bonds. The molecule has 0 aliphatic heterocycles. The van der Waals surface area contributed by atoms with Crippen LogP contribution in [0.2, 0.25) is 0 Å². The van der Waals surface area contributed by atoms with Crippen molar-refractivity contribution in [3.63, 3.8) is 0 Å². The lowest BCUT2D eigenvalue weighted by molar-refractivity contribution is -0.118. The quantitative estimate of drug-likeness (QED) is 0.497. The van der Waals surface area contributed by atoms with Crippen molar-refractivity contribution >= 4 is 11.6 Å². The number of carbonyl (C=O) groups is 1. The number of aromatic nitrogens is 2. The second-order valence-corrected chi connectivity index (χ2v) is 6.60. The van der Waals surface area contributed by atoms with Gasteiger partial charge in [0.2, 0.25) is 5.82 Å². The Labute approximate surface area is 172 Å². The van der Waals surface area contributed by atoms with Gasteiger partial charge in [-0.2, -0.15) is 4.98 Å². The first-order chi connectivity index (χ1) is 14.6. The van der Waals surface area contributed by atoms with E-state index in [2.05, 4.69) is 15.5 Å². The molecule has 1 heterocycles. The molecule has 30 heavy (non-hydrogen) atoms. The number of amides is 1. The van der Waals surface area contributed by atoms with E-state index in [1.54, 1.807) is 42.5 Å². The Morgan fingerprint density at radius 2 is 1.70 bits per heavy atom. The summed E-state index contributed by atoms with van der Waals surface area (Å²) in [6.45, 7) is 1.78. The molecule has 0 aliphatic carbocycles. The molecular formula is C23H18FN3O3. The first kappa shape index (κ1) is 19.3. The minimum absolute atomic E-state index is 0.0648. The maximum Gasteiger partial charge on any atom is 0.262 e. The number of ether oxygens (including phenoxy) is 1. The van der Waals surface area contributed by atoms with Crippen molar-refractivity contribution in [2.45, 2.75) is 6.92 Å². The fourth-order valence-corrected chi connectivity index (χ4v) is 2.83. The van der Waals surface area contributed by atoms with E-state index in [-0.39, 0.29) is 29.8 Å². The van der Waals surface area contributed by atoms with Gasteiger partial charge in [-0.3, -0.25) is 4.79 Å². The summed E-state index contributed by atoms with van der Waals surface area (Å²) in [6, 6.07) is 20.6. The molecule has 7 heteroatoms. The van der Waals surface area contributed by atoms with Crippen molar-refractivity contribution in [3.05, 3.63) is 84.2 Å². The molecule has 0 aliphatic rings. The number of nitrogens with one attached hydrogen (secondary N) is 1. The van der Waals surface area contributed by atoms with Gasteiger partial charge in [-0.05, 0) is 43.3 Å². The van der Waals surface area contributed by atoms with Gasteiger partial charge in [-0.1, -0.05) is 47.1 Å². The summed E-state index contributed by atoms with van der Waals surface area (Å²) in [7, 11) is 0. The van der Waals surface area contributed by atoms with E-state index in [4.69, 9.17) is 9.26 Å². The second kappa shape index (κ2) is 8.57. The van der Waals surface area contributed by atoms with Crippen LogP contribution in [0.25, 0.3) is 22.8 Å². The van der Waals surface area contributed by atoms with Crippen LogP contribution in [0, 0.1) is 12.7 Å². The van der Waals surface area contributed by atoms with E-state index >= 15 is 0 Å². The van der Waals surface area contributed by atoms with Crippen molar-refractivity contribution < 1.29 is 18.4 Å². The molecule has 150 valence electrons. The van der Waals surface area contributed by atoms with Gasteiger partial charge in [0.15, 0.2) is 6.61 Å². The summed E-state index contributed by atoms with van der Waals surface area (Å²) in [5.41, 5.74) is 2.54. The molecule has 0 saturated heterocycles. The van der Waals surface area contributed by atoms with E-state index in [1.165, 1.54) is 6.07 Å². The molecule has 3 aromatic carbocycles. The lowest BCUT2D eigenvalue weighted by atomic mass is 10.2. The average Bonchev–Trinajstić information content (AvgIpc) is 3.24. The zero-order chi connectivity index (χ0) is 20.9. The lowest BCUT2D eigenvalue weighted by Crippen LogP contribution is -2.20. The highest BCUT2D eigenvalue weighted by molar-refractivity contribution is 5.92. The van der Waals surface area contributed by atoms with Gasteiger partial charge in [0.05, 0.1) is 11.1 Å². The first-order valence-electron chi connectivity index (χ1n) is 9.27. The summed E-state index contributed by atoms with van der Waals surface area (Å²) in [5.74, 6) is -0.0333. The molecule has 0 radical (unpaired) electrons. The van der Waals surface area contributed by atoms with Crippen molar-refractivity contribution in [2.75, 3.05) is 11.9 Å². The van der Waals surface area contributed by atoms with Crippen LogP contribution in [0.3, 0.4) is 0 Å². The lowest BCUT2D eigenvalue weighted by Gasteiger charge is -2.10. The normalized spacial score (nSPS) is 10.6. The van der Waals surface area contributed by atoms with Gasteiger partial charge in [-0.15, -0.1) is 0 Å². The Bertz CT molecular complexity index is 1170. The van der Waals surface area contributed by atoms with Gasteiger partial charge in [0.1, 0.15) is 11.6 Å². The zero-order valence-corrected chi connectivity index (χ0v) is 16.1. The molecule has 0 atom stereocenters. The topological polar surface area (TPSA) is 77.2 Å². The third-order valence-corrected chi connectivity index (χ3v) is 4.35. The fraction of sp³-hybridized carbons (Fsp3) is 0.0870. The molecule has 0 unspecified atom stereocenters. The highest BCUT2D eigenvalue weighted by Gasteiger charge is 2.17. The van der Waals surface area contributed by atoms with Gasteiger partial charge >= 0.3 is 0 Å². The number of anilines is 1. The number of rotatable bonds is 6. The third kappa shape index (κ3) is 4.35. The van der Waals surface area contributed by atoms with Crippen LogP contribution in [-0.4, -0.2) is 22.7 Å². The highest BCUT2D eigenvalue weighted by Crippen LogP contribution is 2.30. The number of hydrogen-bond donors (Lipinski definition) is 1. The Morgan fingerprint density at radius 3 is 2.47 bits per heavy atom. The fourth-order valence-electron chi connectivity index (χ4n) is 2.83. The predicted molar refractivity (Wildman–Crippen MR) is 110 cm³/mol. The second-order valence-electron chi connectivity index (χ2n) is 6.60. The van der Waals surface area contributed by atoms with Crippen molar-refractivity contribution in [3.8, 4) is 28.6 Å². The van der Waals surface area contributed by atoms with E-state index in [0.717, 1.165) is 5.56 Å². The minimum atomic E-state index is -0.454. The van der Waals surface area contributed by atoms with Crippen LogP contribution in [0.1, 0.15) is 5.56 Å². The Morgan fingerprint density at radius 1 is 1.00 bits per heavy atom. The molecule has 0 fully saturated rings. The van der Waals surface area contributed by atoms with Gasteiger partial charge < -0.3 is 14.6 Å². The van der Waals surface area contributed by atoms with Gasteiger partial charge in [0.25, 0.3) is 11.8 Å². The summed E-state index contributed by atoms with van der Waals surface area (Å²) in [5, 5.41) is 6.71. The van der Waals surface area contributed by atoms with Crippen LogP contribution in [0.4, 0.5) is 10.1 Å². The molecule has 0 spiro atoms. The van der Waals surface area contributed by atoms with Crippen LogP contribution >= 0.6 is 0 Å². The SMILES string of the molecule is Cc1ccc(NC(=O)COc2ccccc2-c2noc(-c3ccccc3F)n2)cc1. The van der Waals surface area contributed by atoms with Crippen LogP contribution < -0.4 is 10.1 Å². The maximum absolute atomic E-state index is 14.0. The largest absolute Gasteiger partial charge is 0.483 e. The monoisotopic (exact) mass is 403 g/mol. The van der Waals surface area contributed by atoms with E-state index in [1.807, 2.05) is 31.2 Å². The van der Waals surface area contributed by atoms with Crippen LogP contribution in [0.5, 0.6) is 5.75 Å². The smallest absolute Gasteiger partial charge is 0.262 e. The molecule has 4 aromatic rings. The average molecular weight is 403 g/mol. The Kier molecular flexibility index (Phi) is 5.52. The van der Waals surface area contributed by atoms with Gasteiger partial charge in [0, 0.05) is 5.69 Å². The van der Waals surface area contributed by atoms with Crippen LogP contribution in [-0.2, 0) is 4.79 Å². The molecule has 0 bridgehead atoms. The molecule has 4 rings (SSSR count). The summed E-state index contributed by atoms with van der Waals surface area (Å²) in [6.07, 6.45) is 0. The molecule has 6 nitrogen and oxygen atoms in total. The predicted octanol–water partition coefficient (Wildman–Crippen LogP) is 4.87. The number of nitrogens with zero attached hydrogens (tertiary/aromatic N) is 2. The Hall–Kier alpha value is -4.00. The number of benzene rings is 3. The van der Waals surface area contributed by atoms with E-state index in [9.17, 15) is 9.18 Å². The molecular weight excluding hydrogens is 385 g/mol. The van der Waals surface area contributed by atoms with Crippen LogP contribution in [0.15, 0.2) is 77.3 Å². The Balaban J connectivity index is 1.49. The summed E-state index contributed by atoms with van der Waals surface area (Å²) < 4.78 is 24.9. The summed E-state index contributed by atoms with van der Waals surface area (Å²) in [4.78, 5) is 16.5. The number of para-hydroxylation sites is 1. The summed E-state index contributed by atoms with van der Waals surface area (Å²) >= 11 is 0. The number of aryl methyl sites for hydroxylation is 1. The molecule has 1 aromatic heterocycles.